The molecule has 1 heterocycles. The van der Waals surface area contributed by atoms with E-state index in [0.29, 0.717) is 11.8 Å². The third kappa shape index (κ3) is 1.45. The van der Waals surface area contributed by atoms with Gasteiger partial charge in [0.25, 0.3) is 0 Å². The first-order valence-electron chi connectivity index (χ1n) is 5.55. The van der Waals surface area contributed by atoms with E-state index in [1.165, 1.54) is 5.56 Å². The Morgan fingerprint density at radius 2 is 2.00 bits per heavy atom. The molecule has 0 bridgehead atoms. The van der Waals surface area contributed by atoms with Crippen molar-refractivity contribution in [2.45, 2.75) is 18.9 Å². The van der Waals surface area contributed by atoms with Gasteiger partial charge in [-0.05, 0) is 42.2 Å². The standard InChI is InChI=1S/C13H14N2O/c16-13-5-3-4-10-11(13)6-7-12(10)14-15-8-1-2-9-15/h1-5,8-9,12,14,16H,6-7H2. The lowest BCUT2D eigenvalue weighted by Gasteiger charge is -2.16. The van der Waals surface area contributed by atoms with Gasteiger partial charge in [-0.25, -0.2) is 0 Å². The first-order chi connectivity index (χ1) is 7.84. The quantitative estimate of drug-likeness (QED) is 0.805. The summed E-state index contributed by atoms with van der Waals surface area (Å²) in [5.41, 5.74) is 5.72. The maximum absolute atomic E-state index is 9.74. The van der Waals surface area contributed by atoms with Crippen LogP contribution in [0.5, 0.6) is 5.75 Å². The summed E-state index contributed by atoms with van der Waals surface area (Å²) in [5, 5.41) is 9.74. The van der Waals surface area contributed by atoms with E-state index in [1.807, 2.05) is 35.3 Å². The molecule has 1 unspecified atom stereocenters. The van der Waals surface area contributed by atoms with Gasteiger partial charge < -0.3 is 10.5 Å². The van der Waals surface area contributed by atoms with Crippen LogP contribution in [0.4, 0.5) is 0 Å². The van der Waals surface area contributed by atoms with E-state index in [2.05, 4.69) is 11.5 Å². The van der Waals surface area contributed by atoms with Crippen molar-refractivity contribution in [2.75, 3.05) is 5.43 Å². The predicted octanol–water partition coefficient (Wildman–Crippen LogP) is 2.42. The van der Waals surface area contributed by atoms with Gasteiger partial charge in [0.1, 0.15) is 5.75 Å². The first kappa shape index (κ1) is 9.33. The third-order valence-corrected chi connectivity index (χ3v) is 3.16. The summed E-state index contributed by atoms with van der Waals surface area (Å²) < 4.78 is 1.96. The molecule has 1 aromatic heterocycles. The van der Waals surface area contributed by atoms with Crippen molar-refractivity contribution in [3.8, 4) is 5.75 Å². The number of aromatic hydroxyl groups is 1. The molecule has 3 heteroatoms. The molecule has 3 rings (SSSR count). The average molecular weight is 214 g/mol. The molecule has 0 aliphatic heterocycles. The minimum absolute atomic E-state index is 0.300. The monoisotopic (exact) mass is 214 g/mol. The van der Waals surface area contributed by atoms with Crippen molar-refractivity contribution in [1.82, 2.24) is 4.68 Å². The largest absolute Gasteiger partial charge is 0.508 e. The van der Waals surface area contributed by atoms with Crippen LogP contribution >= 0.6 is 0 Å². The van der Waals surface area contributed by atoms with E-state index in [1.54, 1.807) is 6.07 Å². The molecule has 0 fully saturated rings. The van der Waals surface area contributed by atoms with Gasteiger partial charge in [0.15, 0.2) is 0 Å². The fraction of sp³-hybridized carbons (Fsp3) is 0.231. The second-order valence-electron chi connectivity index (χ2n) is 4.16. The van der Waals surface area contributed by atoms with Crippen LogP contribution in [0, 0.1) is 0 Å². The zero-order valence-electron chi connectivity index (χ0n) is 8.93. The van der Waals surface area contributed by atoms with Gasteiger partial charge in [0.05, 0.1) is 6.04 Å². The number of hydrogen-bond donors (Lipinski definition) is 2. The number of nitrogens with one attached hydrogen (secondary N) is 1. The summed E-state index contributed by atoms with van der Waals surface area (Å²) in [7, 11) is 0. The summed E-state index contributed by atoms with van der Waals surface area (Å²) in [5.74, 6) is 0.425. The fourth-order valence-electron chi connectivity index (χ4n) is 2.37. The summed E-state index contributed by atoms with van der Waals surface area (Å²) in [6, 6.07) is 10.0. The summed E-state index contributed by atoms with van der Waals surface area (Å²) in [6.45, 7) is 0. The molecule has 1 aromatic carbocycles. The Balaban J connectivity index is 1.89. The Hall–Kier alpha value is -1.90. The van der Waals surface area contributed by atoms with Gasteiger partial charge in [0, 0.05) is 12.4 Å². The van der Waals surface area contributed by atoms with Crippen molar-refractivity contribution in [2.24, 2.45) is 0 Å². The minimum Gasteiger partial charge on any atom is -0.508 e. The summed E-state index contributed by atoms with van der Waals surface area (Å²) in [4.78, 5) is 0. The van der Waals surface area contributed by atoms with Gasteiger partial charge in [-0.15, -0.1) is 0 Å². The molecule has 1 aliphatic carbocycles. The molecule has 2 aromatic rings. The van der Waals surface area contributed by atoms with Crippen LogP contribution in [-0.2, 0) is 6.42 Å². The second-order valence-corrected chi connectivity index (χ2v) is 4.16. The number of fused-ring (bicyclic) bond motifs is 1. The minimum atomic E-state index is 0.300. The van der Waals surface area contributed by atoms with E-state index in [4.69, 9.17) is 0 Å². The van der Waals surface area contributed by atoms with E-state index >= 15 is 0 Å². The molecular formula is C13H14N2O. The zero-order chi connectivity index (χ0) is 11.0. The van der Waals surface area contributed by atoms with Crippen LogP contribution in [-0.4, -0.2) is 9.78 Å². The van der Waals surface area contributed by atoms with Crippen molar-refractivity contribution in [3.05, 3.63) is 53.9 Å². The number of nitrogens with zero attached hydrogens (tertiary/aromatic N) is 1. The van der Waals surface area contributed by atoms with Crippen molar-refractivity contribution in [1.29, 1.82) is 0 Å². The molecule has 82 valence electrons. The van der Waals surface area contributed by atoms with Gasteiger partial charge in [-0.3, -0.25) is 4.68 Å². The highest BCUT2D eigenvalue weighted by molar-refractivity contribution is 5.45. The summed E-state index contributed by atoms with van der Waals surface area (Å²) >= 11 is 0. The average Bonchev–Trinajstić information content (AvgIpc) is 2.90. The maximum Gasteiger partial charge on any atom is 0.119 e. The number of aromatic nitrogens is 1. The van der Waals surface area contributed by atoms with Gasteiger partial charge in [-0.2, -0.15) is 0 Å². The molecule has 1 aliphatic rings. The van der Waals surface area contributed by atoms with Crippen LogP contribution in [0.2, 0.25) is 0 Å². The van der Waals surface area contributed by atoms with E-state index in [9.17, 15) is 5.11 Å². The Kier molecular flexibility index (Phi) is 2.10. The normalized spacial score (nSPS) is 18.4. The van der Waals surface area contributed by atoms with Gasteiger partial charge >= 0.3 is 0 Å². The Morgan fingerprint density at radius 3 is 2.81 bits per heavy atom. The van der Waals surface area contributed by atoms with E-state index in [0.717, 1.165) is 18.4 Å². The van der Waals surface area contributed by atoms with Gasteiger partial charge in [0.2, 0.25) is 0 Å². The van der Waals surface area contributed by atoms with E-state index < -0.39 is 0 Å². The molecule has 0 spiro atoms. The van der Waals surface area contributed by atoms with E-state index in [-0.39, 0.29) is 0 Å². The molecule has 1 atom stereocenters. The number of phenolic OH excluding ortho intramolecular Hbond substituents is 1. The highest BCUT2D eigenvalue weighted by atomic mass is 16.3. The Labute approximate surface area is 94.3 Å². The lowest BCUT2D eigenvalue weighted by molar-refractivity contribution is 0.469. The zero-order valence-corrected chi connectivity index (χ0v) is 8.93. The SMILES string of the molecule is Oc1cccc2c1CCC2Nn1cccc1. The highest BCUT2D eigenvalue weighted by Gasteiger charge is 2.24. The van der Waals surface area contributed by atoms with Crippen LogP contribution in [0.25, 0.3) is 0 Å². The molecule has 0 saturated heterocycles. The van der Waals surface area contributed by atoms with Crippen LogP contribution in [0.15, 0.2) is 42.7 Å². The Bertz CT molecular complexity index is 491. The topological polar surface area (TPSA) is 37.2 Å². The molecular weight excluding hydrogens is 200 g/mol. The molecule has 0 radical (unpaired) electrons. The van der Waals surface area contributed by atoms with Crippen LogP contribution < -0.4 is 5.43 Å². The fourth-order valence-corrected chi connectivity index (χ4v) is 2.37. The van der Waals surface area contributed by atoms with Crippen molar-refractivity contribution in [3.63, 3.8) is 0 Å². The van der Waals surface area contributed by atoms with Crippen molar-refractivity contribution < 1.29 is 5.11 Å². The second kappa shape index (κ2) is 3.59. The maximum atomic E-state index is 9.74. The van der Waals surface area contributed by atoms with Crippen LogP contribution in [0.1, 0.15) is 23.6 Å². The number of phenols is 1. The van der Waals surface area contributed by atoms with Crippen LogP contribution in [0.3, 0.4) is 0 Å². The predicted molar refractivity (Wildman–Crippen MR) is 63.0 cm³/mol. The molecule has 16 heavy (non-hydrogen) atoms. The third-order valence-electron chi connectivity index (χ3n) is 3.16. The lowest BCUT2D eigenvalue weighted by atomic mass is 10.1. The number of benzene rings is 1. The molecule has 2 N–H and O–H groups in total. The molecule has 0 saturated carbocycles. The Morgan fingerprint density at radius 1 is 1.19 bits per heavy atom. The van der Waals surface area contributed by atoms with Gasteiger partial charge in [-0.1, -0.05) is 12.1 Å². The molecule has 3 nitrogen and oxygen atoms in total. The lowest BCUT2D eigenvalue weighted by Crippen LogP contribution is -2.17. The highest BCUT2D eigenvalue weighted by Crippen LogP contribution is 2.36. The van der Waals surface area contributed by atoms with Crippen molar-refractivity contribution >= 4 is 0 Å². The summed E-state index contributed by atoms with van der Waals surface area (Å²) in [6.07, 6.45) is 5.95. The first-order valence-corrected chi connectivity index (χ1v) is 5.55. The number of rotatable bonds is 2. The molecule has 0 amide bonds. The number of hydrogen-bond acceptors (Lipinski definition) is 2. The smallest absolute Gasteiger partial charge is 0.119 e.